The summed E-state index contributed by atoms with van der Waals surface area (Å²) < 4.78 is 0. The number of benzene rings is 1. The first-order chi connectivity index (χ1) is 7.87. The van der Waals surface area contributed by atoms with Crippen LogP contribution >= 0.6 is 0 Å². The minimum Gasteiger partial charge on any atom is -0.396 e. The molecule has 0 saturated heterocycles. The summed E-state index contributed by atoms with van der Waals surface area (Å²) in [4.78, 5) is 0. The van der Waals surface area contributed by atoms with Crippen LogP contribution in [0.4, 0.5) is 0 Å². The summed E-state index contributed by atoms with van der Waals surface area (Å²) in [6, 6.07) is 10.5. The number of aliphatic hydroxyl groups excluding tert-OH is 1. The lowest BCUT2D eigenvalue weighted by Gasteiger charge is -2.29. The van der Waals surface area contributed by atoms with Crippen LogP contribution in [-0.4, -0.2) is 24.8 Å². The molecule has 1 aromatic carbocycles. The Labute approximate surface area is 105 Å². The molecule has 0 unspecified atom stereocenters. The molecule has 0 spiro atoms. The van der Waals surface area contributed by atoms with Crippen molar-refractivity contribution in [2.45, 2.75) is 33.1 Å². The summed E-state index contributed by atoms with van der Waals surface area (Å²) in [6.45, 7) is 10.6. The maximum absolute atomic E-state index is 9.20. The Kier molecular flexibility index (Phi) is 4.72. The van der Waals surface area contributed by atoms with Crippen molar-refractivity contribution in [2.75, 3.05) is 19.7 Å². The highest BCUT2D eigenvalue weighted by molar-refractivity contribution is 5.23. The molecule has 0 heterocycles. The molecule has 0 radical (unpaired) electrons. The monoisotopic (exact) mass is 235 g/mol. The quantitative estimate of drug-likeness (QED) is 0.794. The Balaban J connectivity index is 2.51. The second-order valence-electron chi connectivity index (χ2n) is 6.18. The van der Waals surface area contributed by atoms with E-state index >= 15 is 0 Å². The summed E-state index contributed by atoms with van der Waals surface area (Å²) in [6.07, 6.45) is 0. The first kappa shape index (κ1) is 14.2. The zero-order valence-corrected chi connectivity index (χ0v) is 11.5. The van der Waals surface area contributed by atoms with Gasteiger partial charge in [-0.25, -0.2) is 0 Å². The third-order valence-corrected chi connectivity index (χ3v) is 3.15. The molecule has 17 heavy (non-hydrogen) atoms. The predicted octanol–water partition coefficient (Wildman–Crippen LogP) is 2.57. The molecule has 0 bridgehead atoms. The molecule has 0 fully saturated rings. The van der Waals surface area contributed by atoms with Gasteiger partial charge in [0.05, 0.1) is 0 Å². The van der Waals surface area contributed by atoms with Crippen LogP contribution in [0.15, 0.2) is 30.3 Å². The van der Waals surface area contributed by atoms with Gasteiger partial charge in [-0.1, -0.05) is 58.0 Å². The van der Waals surface area contributed by atoms with Gasteiger partial charge in [-0.2, -0.15) is 0 Å². The van der Waals surface area contributed by atoms with E-state index in [0.717, 1.165) is 13.1 Å². The summed E-state index contributed by atoms with van der Waals surface area (Å²) in [5.74, 6) is 0. The Hall–Kier alpha value is -0.860. The van der Waals surface area contributed by atoms with E-state index in [0.29, 0.717) is 0 Å². The Morgan fingerprint density at radius 3 is 2.12 bits per heavy atom. The van der Waals surface area contributed by atoms with Crippen LogP contribution < -0.4 is 5.32 Å². The van der Waals surface area contributed by atoms with Crippen molar-refractivity contribution < 1.29 is 5.11 Å². The van der Waals surface area contributed by atoms with E-state index in [-0.39, 0.29) is 17.4 Å². The van der Waals surface area contributed by atoms with E-state index in [4.69, 9.17) is 0 Å². The Morgan fingerprint density at radius 1 is 1.00 bits per heavy atom. The highest BCUT2D eigenvalue weighted by Gasteiger charge is 2.22. The summed E-state index contributed by atoms with van der Waals surface area (Å²) >= 11 is 0. The number of hydrogen-bond donors (Lipinski definition) is 2. The third-order valence-electron chi connectivity index (χ3n) is 3.15. The van der Waals surface area contributed by atoms with E-state index in [9.17, 15) is 5.11 Å². The molecule has 2 heteroatoms. The Morgan fingerprint density at radius 2 is 1.59 bits per heavy atom. The van der Waals surface area contributed by atoms with Crippen molar-refractivity contribution in [1.29, 1.82) is 0 Å². The van der Waals surface area contributed by atoms with Crippen LogP contribution in [0.5, 0.6) is 0 Å². The van der Waals surface area contributed by atoms with Crippen molar-refractivity contribution >= 4 is 0 Å². The standard InChI is InChI=1S/C15H25NO/c1-14(2,12-17)10-16-11-15(3,4)13-8-6-5-7-9-13/h5-9,16-17H,10-12H2,1-4H3. The lowest BCUT2D eigenvalue weighted by molar-refractivity contribution is 0.155. The second kappa shape index (κ2) is 5.65. The van der Waals surface area contributed by atoms with Gasteiger partial charge in [-0.15, -0.1) is 0 Å². The van der Waals surface area contributed by atoms with E-state index in [2.05, 4.69) is 57.3 Å². The van der Waals surface area contributed by atoms with Gasteiger partial charge in [-0.3, -0.25) is 0 Å². The molecule has 0 aliphatic rings. The van der Waals surface area contributed by atoms with Crippen LogP contribution in [0.3, 0.4) is 0 Å². The van der Waals surface area contributed by atoms with Crippen molar-refractivity contribution in [3.05, 3.63) is 35.9 Å². The SMILES string of the molecule is CC(C)(CO)CNCC(C)(C)c1ccccc1. The van der Waals surface area contributed by atoms with Gasteiger partial charge in [0.25, 0.3) is 0 Å². The highest BCUT2D eigenvalue weighted by Crippen LogP contribution is 2.22. The fraction of sp³-hybridized carbons (Fsp3) is 0.600. The van der Waals surface area contributed by atoms with Crippen molar-refractivity contribution in [3.63, 3.8) is 0 Å². The molecule has 1 rings (SSSR count). The van der Waals surface area contributed by atoms with Crippen LogP contribution in [0, 0.1) is 5.41 Å². The van der Waals surface area contributed by atoms with E-state index in [1.54, 1.807) is 0 Å². The summed E-state index contributed by atoms with van der Waals surface area (Å²) in [7, 11) is 0. The fourth-order valence-electron chi connectivity index (χ4n) is 1.76. The topological polar surface area (TPSA) is 32.3 Å². The molecule has 0 atom stereocenters. The molecular weight excluding hydrogens is 210 g/mol. The molecule has 0 saturated carbocycles. The molecule has 1 aromatic rings. The van der Waals surface area contributed by atoms with Gasteiger partial charge in [0.15, 0.2) is 0 Å². The van der Waals surface area contributed by atoms with E-state index in [1.165, 1.54) is 5.56 Å². The van der Waals surface area contributed by atoms with E-state index < -0.39 is 0 Å². The zero-order chi connectivity index (χ0) is 12.9. The van der Waals surface area contributed by atoms with Crippen LogP contribution in [-0.2, 0) is 5.41 Å². The number of nitrogens with one attached hydrogen (secondary N) is 1. The Bertz CT molecular complexity index is 330. The van der Waals surface area contributed by atoms with Crippen LogP contribution in [0.25, 0.3) is 0 Å². The van der Waals surface area contributed by atoms with Crippen LogP contribution in [0.2, 0.25) is 0 Å². The summed E-state index contributed by atoms with van der Waals surface area (Å²) in [5.41, 5.74) is 1.41. The molecular formula is C15H25NO. The lowest BCUT2D eigenvalue weighted by Crippen LogP contribution is -2.39. The average Bonchev–Trinajstić information content (AvgIpc) is 2.30. The fourth-order valence-corrected chi connectivity index (χ4v) is 1.76. The van der Waals surface area contributed by atoms with Crippen molar-refractivity contribution in [2.24, 2.45) is 5.41 Å². The van der Waals surface area contributed by atoms with E-state index in [1.807, 2.05) is 6.07 Å². The normalized spacial score (nSPS) is 12.8. The first-order valence-electron chi connectivity index (χ1n) is 6.24. The number of rotatable bonds is 6. The molecule has 2 N–H and O–H groups in total. The minimum atomic E-state index is -0.0488. The highest BCUT2D eigenvalue weighted by atomic mass is 16.3. The van der Waals surface area contributed by atoms with Crippen molar-refractivity contribution in [3.8, 4) is 0 Å². The lowest BCUT2D eigenvalue weighted by atomic mass is 9.84. The zero-order valence-electron chi connectivity index (χ0n) is 11.5. The number of hydrogen-bond acceptors (Lipinski definition) is 2. The average molecular weight is 235 g/mol. The van der Waals surface area contributed by atoms with Gasteiger partial charge < -0.3 is 10.4 Å². The number of aliphatic hydroxyl groups is 1. The maximum Gasteiger partial charge on any atom is 0.0494 e. The smallest absolute Gasteiger partial charge is 0.0494 e. The summed E-state index contributed by atoms with van der Waals surface area (Å²) in [5, 5.41) is 12.7. The molecule has 0 aromatic heterocycles. The molecule has 96 valence electrons. The van der Waals surface area contributed by atoms with Gasteiger partial charge >= 0.3 is 0 Å². The molecule has 0 amide bonds. The largest absolute Gasteiger partial charge is 0.396 e. The third kappa shape index (κ3) is 4.49. The van der Waals surface area contributed by atoms with Crippen LogP contribution in [0.1, 0.15) is 33.3 Å². The van der Waals surface area contributed by atoms with Gasteiger partial charge in [0.1, 0.15) is 0 Å². The molecule has 0 aliphatic heterocycles. The second-order valence-corrected chi connectivity index (χ2v) is 6.18. The maximum atomic E-state index is 9.20. The van der Waals surface area contributed by atoms with Gasteiger partial charge in [0, 0.05) is 30.5 Å². The van der Waals surface area contributed by atoms with Crippen molar-refractivity contribution in [1.82, 2.24) is 5.32 Å². The molecule has 2 nitrogen and oxygen atoms in total. The minimum absolute atomic E-state index is 0.0488. The van der Waals surface area contributed by atoms with Gasteiger partial charge in [0.2, 0.25) is 0 Å². The van der Waals surface area contributed by atoms with Gasteiger partial charge in [-0.05, 0) is 5.56 Å². The molecule has 0 aliphatic carbocycles. The first-order valence-corrected chi connectivity index (χ1v) is 6.24. The predicted molar refractivity (Wildman–Crippen MR) is 73.2 cm³/mol.